The normalized spacial score (nSPS) is 9.59. The fraction of sp³-hybridized carbons (Fsp3) is 0. The molecule has 0 aliphatic rings. The lowest BCUT2D eigenvalue weighted by Gasteiger charge is -2.23. The quantitative estimate of drug-likeness (QED) is 0.486. The Morgan fingerprint density at radius 2 is 1.53 bits per heavy atom. The number of nitrogens with one attached hydrogen (secondary N) is 1. The first-order valence-corrected chi connectivity index (χ1v) is 6.85. The summed E-state index contributed by atoms with van der Waals surface area (Å²) in [6.45, 7) is 0. The van der Waals surface area contributed by atoms with E-state index in [4.69, 9.17) is 36.7 Å². The Bertz CT molecular complexity index is 458. The van der Waals surface area contributed by atoms with Gasteiger partial charge in [-0.1, -0.05) is 48.8 Å². The molecule has 0 bridgehead atoms. The zero-order valence-corrected chi connectivity index (χ0v) is 13.5. The number of anilines is 2. The first-order valence-electron chi connectivity index (χ1n) is 4.28. The van der Waals surface area contributed by atoms with Crippen LogP contribution in [0.2, 0.25) is 0 Å². The third-order valence-electron chi connectivity index (χ3n) is 1.77. The second kappa shape index (κ2) is 6.91. The first-order chi connectivity index (χ1) is 7.93. The molecule has 1 N–H and O–H groups in total. The van der Waals surface area contributed by atoms with E-state index in [0.29, 0.717) is 13.0 Å². The van der Waals surface area contributed by atoms with Gasteiger partial charge in [0, 0.05) is 0 Å². The molecule has 0 atom stereocenters. The average Bonchev–Trinajstić information content (AvgIpc) is 2.18. The Labute approximate surface area is 132 Å². The second-order valence-electron chi connectivity index (χ2n) is 2.85. The topological polar surface area (TPSA) is 15.3 Å². The lowest BCUT2D eigenvalue weighted by molar-refractivity contribution is 1.51. The number of benzene rings is 1. The molecule has 17 heavy (non-hydrogen) atoms. The SMILES string of the molecule is S=C(S)Nc1ccccc1N(C(=S)S)C(=S)S. The van der Waals surface area contributed by atoms with Gasteiger partial charge in [0.25, 0.3) is 0 Å². The van der Waals surface area contributed by atoms with Crippen LogP contribution in [0.15, 0.2) is 24.3 Å². The minimum atomic E-state index is 0.310. The number of thiocarbonyl (C=S) groups is 3. The van der Waals surface area contributed by atoms with Gasteiger partial charge in [-0.05, 0) is 12.1 Å². The largest absolute Gasteiger partial charge is 0.340 e. The lowest BCUT2D eigenvalue weighted by Crippen LogP contribution is -2.29. The van der Waals surface area contributed by atoms with Crippen LogP contribution >= 0.6 is 74.5 Å². The fourth-order valence-corrected chi connectivity index (χ4v) is 2.47. The minimum Gasteiger partial charge on any atom is -0.340 e. The molecule has 1 aromatic rings. The van der Waals surface area contributed by atoms with Crippen molar-refractivity contribution in [3.8, 4) is 0 Å². The Balaban J connectivity index is 3.23. The Morgan fingerprint density at radius 1 is 1.00 bits per heavy atom. The van der Waals surface area contributed by atoms with Crippen molar-refractivity contribution in [1.82, 2.24) is 0 Å². The molecule has 1 rings (SSSR count). The van der Waals surface area contributed by atoms with E-state index in [9.17, 15) is 0 Å². The van der Waals surface area contributed by atoms with Gasteiger partial charge in [0.05, 0.1) is 11.4 Å². The standard InChI is InChI=1S/C9H8N2S6/c12-7(13)10-5-3-1-2-4-6(5)11(8(14)15)9(16)17/h1-4H,(H,14,15)(H,16,17)(H2,10,12,13). The molecule has 0 aliphatic heterocycles. The van der Waals surface area contributed by atoms with Crippen LogP contribution in [0.1, 0.15) is 0 Å². The van der Waals surface area contributed by atoms with Gasteiger partial charge in [-0.15, -0.1) is 37.9 Å². The summed E-state index contributed by atoms with van der Waals surface area (Å²) in [6, 6.07) is 7.38. The maximum Gasteiger partial charge on any atom is 0.143 e. The zero-order valence-electron chi connectivity index (χ0n) is 8.32. The van der Waals surface area contributed by atoms with Crippen LogP contribution in [0, 0.1) is 0 Å². The fourth-order valence-electron chi connectivity index (χ4n) is 1.18. The Morgan fingerprint density at radius 3 is 2.00 bits per heavy atom. The van der Waals surface area contributed by atoms with Crippen LogP contribution in [-0.2, 0) is 0 Å². The number of para-hydroxylation sites is 2. The molecule has 0 fully saturated rings. The predicted octanol–water partition coefficient (Wildman–Crippen LogP) is 3.55. The lowest BCUT2D eigenvalue weighted by atomic mass is 10.2. The van der Waals surface area contributed by atoms with E-state index >= 15 is 0 Å². The Kier molecular flexibility index (Phi) is 6.18. The molecule has 0 aliphatic carbocycles. The smallest absolute Gasteiger partial charge is 0.143 e. The number of nitrogens with zero attached hydrogens (tertiary/aromatic N) is 1. The molecule has 0 saturated heterocycles. The van der Waals surface area contributed by atoms with Gasteiger partial charge in [-0.3, -0.25) is 4.90 Å². The van der Waals surface area contributed by atoms with Gasteiger partial charge < -0.3 is 5.32 Å². The third kappa shape index (κ3) is 4.38. The van der Waals surface area contributed by atoms with Gasteiger partial charge in [0.2, 0.25) is 0 Å². The summed E-state index contributed by atoms with van der Waals surface area (Å²) in [4.78, 5) is 1.55. The van der Waals surface area contributed by atoms with E-state index in [1.165, 1.54) is 0 Å². The van der Waals surface area contributed by atoms with E-state index in [1.807, 2.05) is 24.3 Å². The molecular weight excluding hydrogens is 329 g/mol. The number of hydrogen-bond acceptors (Lipinski definition) is 3. The number of rotatable bonds is 2. The molecule has 0 amide bonds. The van der Waals surface area contributed by atoms with Crippen LogP contribution in [-0.4, -0.2) is 13.0 Å². The third-order valence-corrected chi connectivity index (χ3v) is 2.75. The van der Waals surface area contributed by atoms with Crippen molar-refractivity contribution >= 4 is 98.9 Å². The predicted molar refractivity (Wildman–Crippen MR) is 97.3 cm³/mol. The van der Waals surface area contributed by atoms with Crippen molar-refractivity contribution in [3.63, 3.8) is 0 Å². The van der Waals surface area contributed by atoms with Crippen LogP contribution in [0.5, 0.6) is 0 Å². The molecule has 0 radical (unpaired) electrons. The highest BCUT2D eigenvalue weighted by Crippen LogP contribution is 2.28. The van der Waals surface area contributed by atoms with Crippen molar-refractivity contribution < 1.29 is 0 Å². The van der Waals surface area contributed by atoms with Gasteiger partial charge in [-0.25, -0.2) is 0 Å². The van der Waals surface area contributed by atoms with Crippen LogP contribution in [0.4, 0.5) is 11.4 Å². The molecule has 2 nitrogen and oxygen atoms in total. The Hall–Kier alpha value is 0.140. The van der Waals surface area contributed by atoms with Crippen molar-refractivity contribution in [3.05, 3.63) is 24.3 Å². The molecule has 8 heteroatoms. The summed E-state index contributed by atoms with van der Waals surface area (Å²) < 4.78 is 0.973. The summed E-state index contributed by atoms with van der Waals surface area (Å²) in [6.07, 6.45) is 0. The van der Waals surface area contributed by atoms with E-state index in [0.717, 1.165) is 11.4 Å². The van der Waals surface area contributed by atoms with Gasteiger partial charge >= 0.3 is 0 Å². The molecule has 1 aromatic carbocycles. The van der Waals surface area contributed by atoms with Gasteiger partial charge in [0.15, 0.2) is 0 Å². The van der Waals surface area contributed by atoms with Gasteiger partial charge in [0.1, 0.15) is 13.0 Å². The van der Waals surface area contributed by atoms with Crippen LogP contribution in [0.25, 0.3) is 0 Å². The summed E-state index contributed by atoms with van der Waals surface area (Å²) in [5.74, 6) is 0. The minimum absolute atomic E-state index is 0.310. The van der Waals surface area contributed by atoms with Crippen molar-refractivity contribution in [1.29, 1.82) is 0 Å². The van der Waals surface area contributed by atoms with Crippen molar-refractivity contribution in [2.24, 2.45) is 0 Å². The number of hydrogen-bond donors (Lipinski definition) is 4. The average molecular weight is 337 g/mol. The van der Waals surface area contributed by atoms with E-state index in [2.05, 4.69) is 43.2 Å². The highest BCUT2D eigenvalue weighted by Gasteiger charge is 2.15. The van der Waals surface area contributed by atoms with Crippen LogP contribution < -0.4 is 10.2 Å². The maximum atomic E-state index is 5.02. The highest BCUT2D eigenvalue weighted by molar-refractivity contribution is 8.14. The summed E-state index contributed by atoms with van der Waals surface area (Å²) >= 11 is 27.2. The molecule has 0 saturated carbocycles. The van der Waals surface area contributed by atoms with E-state index in [-0.39, 0.29) is 0 Å². The molecule has 0 unspecified atom stereocenters. The molecule has 0 spiro atoms. The van der Waals surface area contributed by atoms with Crippen molar-refractivity contribution in [2.45, 2.75) is 0 Å². The summed E-state index contributed by atoms with van der Waals surface area (Å²) in [5.41, 5.74) is 1.46. The maximum absolute atomic E-state index is 5.02. The van der Waals surface area contributed by atoms with E-state index < -0.39 is 0 Å². The molecular formula is C9H8N2S6. The van der Waals surface area contributed by atoms with Crippen molar-refractivity contribution in [2.75, 3.05) is 10.2 Å². The van der Waals surface area contributed by atoms with E-state index in [1.54, 1.807) is 4.90 Å². The molecule has 90 valence electrons. The number of thiol groups is 3. The van der Waals surface area contributed by atoms with Gasteiger partial charge in [-0.2, -0.15) is 0 Å². The van der Waals surface area contributed by atoms with Crippen LogP contribution in [0.3, 0.4) is 0 Å². The second-order valence-corrected chi connectivity index (χ2v) is 6.23. The summed E-state index contributed by atoms with van der Waals surface area (Å²) in [5, 5.41) is 2.93. The monoisotopic (exact) mass is 336 g/mol. The zero-order chi connectivity index (χ0) is 13.0. The summed E-state index contributed by atoms with van der Waals surface area (Å²) in [7, 11) is 0. The molecule has 0 aromatic heterocycles. The first kappa shape index (κ1) is 15.2. The molecule has 0 heterocycles. The highest BCUT2D eigenvalue weighted by atomic mass is 32.1.